The summed E-state index contributed by atoms with van der Waals surface area (Å²) < 4.78 is 0. The number of rotatable bonds is 6. The van der Waals surface area contributed by atoms with Gasteiger partial charge in [0.2, 0.25) is 11.8 Å². The van der Waals surface area contributed by atoms with Crippen LogP contribution in [0.4, 0.5) is 11.4 Å². The predicted octanol–water partition coefficient (Wildman–Crippen LogP) is 1.43. The highest BCUT2D eigenvalue weighted by Gasteiger charge is 2.52. The molecule has 2 heterocycles. The number of benzene rings is 1. The zero-order valence-corrected chi connectivity index (χ0v) is 18.4. The lowest BCUT2D eigenvalue weighted by atomic mass is 9.89. The summed E-state index contributed by atoms with van der Waals surface area (Å²) in [5.74, 6) is -0.0104. The molecule has 3 aliphatic rings. The van der Waals surface area contributed by atoms with Gasteiger partial charge >= 0.3 is 0 Å². The topological polar surface area (TPSA) is 85.0 Å². The molecule has 0 bridgehead atoms. The lowest BCUT2D eigenvalue weighted by Crippen LogP contribution is -2.62. The molecule has 8 heteroatoms. The largest absolute Gasteiger partial charge is 0.355 e. The third kappa shape index (κ3) is 4.45. The minimum Gasteiger partial charge on any atom is -0.355 e. The first kappa shape index (κ1) is 21.8. The van der Waals surface area contributed by atoms with Gasteiger partial charge in [0, 0.05) is 32.7 Å². The second-order valence-corrected chi connectivity index (χ2v) is 8.84. The molecule has 4 rings (SSSR count). The zero-order chi connectivity index (χ0) is 21.8. The minimum atomic E-state index is -0.759. The zero-order valence-electron chi connectivity index (χ0n) is 18.4. The Morgan fingerprint density at radius 1 is 1.03 bits per heavy atom. The normalized spacial score (nSPS) is 21.1. The van der Waals surface area contributed by atoms with Gasteiger partial charge in [-0.1, -0.05) is 31.9 Å². The number of carbonyl (C=O) groups excluding carboxylic acids is 3. The van der Waals surface area contributed by atoms with Crippen molar-refractivity contribution >= 4 is 29.1 Å². The lowest BCUT2D eigenvalue weighted by Gasteiger charge is -2.45. The van der Waals surface area contributed by atoms with Crippen molar-refractivity contribution in [2.75, 3.05) is 56.0 Å². The Balaban J connectivity index is 1.41. The second-order valence-electron chi connectivity index (χ2n) is 8.84. The maximum Gasteiger partial charge on any atom is 0.250 e. The summed E-state index contributed by atoms with van der Waals surface area (Å²) in [6.45, 7) is 6.44. The van der Waals surface area contributed by atoms with Crippen molar-refractivity contribution in [1.29, 1.82) is 0 Å². The third-order valence-electron chi connectivity index (χ3n) is 6.69. The Bertz CT molecular complexity index is 828. The molecule has 1 spiro atoms. The number of anilines is 2. The van der Waals surface area contributed by atoms with Crippen LogP contribution in [0.25, 0.3) is 0 Å². The number of hydrogen-bond acceptors (Lipinski definition) is 5. The van der Waals surface area contributed by atoms with Crippen LogP contribution in [0.5, 0.6) is 0 Å². The van der Waals surface area contributed by atoms with Gasteiger partial charge in [0.05, 0.1) is 24.5 Å². The molecule has 2 aliphatic heterocycles. The highest BCUT2D eigenvalue weighted by atomic mass is 16.2. The molecule has 1 aromatic rings. The van der Waals surface area contributed by atoms with Crippen LogP contribution in [0.1, 0.15) is 39.0 Å². The van der Waals surface area contributed by atoms with Gasteiger partial charge in [-0.3, -0.25) is 29.1 Å². The first-order chi connectivity index (χ1) is 15.0. The summed E-state index contributed by atoms with van der Waals surface area (Å²) in [6.07, 6.45) is 4.26. The van der Waals surface area contributed by atoms with Crippen LogP contribution in [-0.2, 0) is 14.4 Å². The van der Waals surface area contributed by atoms with Crippen molar-refractivity contribution in [3.63, 3.8) is 0 Å². The van der Waals surface area contributed by atoms with Gasteiger partial charge in [0.1, 0.15) is 5.54 Å². The summed E-state index contributed by atoms with van der Waals surface area (Å²) in [4.78, 5) is 44.6. The SMILES string of the molecule is CCCNC(=O)CN1CCN(CC(=O)N2c3ccccc3NC(=O)C23CCCC3)CC1. The molecule has 2 N–H and O–H groups in total. The van der Waals surface area contributed by atoms with Gasteiger partial charge < -0.3 is 10.6 Å². The Hall–Kier alpha value is -2.45. The van der Waals surface area contributed by atoms with Gasteiger partial charge in [0.25, 0.3) is 5.91 Å². The highest BCUT2D eigenvalue weighted by Crippen LogP contribution is 2.45. The van der Waals surface area contributed by atoms with Crippen LogP contribution in [0.3, 0.4) is 0 Å². The van der Waals surface area contributed by atoms with Crippen LogP contribution in [0.2, 0.25) is 0 Å². The van der Waals surface area contributed by atoms with Crippen LogP contribution < -0.4 is 15.5 Å². The number of carbonyl (C=O) groups is 3. The molecule has 1 saturated heterocycles. The van der Waals surface area contributed by atoms with E-state index in [9.17, 15) is 14.4 Å². The van der Waals surface area contributed by atoms with Crippen molar-refractivity contribution < 1.29 is 14.4 Å². The average molecular weight is 428 g/mol. The Labute approximate surface area is 183 Å². The minimum absolute atomic E-state index is 0.0154. The van der Waals surface area contributed by atoms with Gasteiger partial charge in [-0.15, -0.1) is 0 Å². The number of nitrogens with one attached hydrogen (secondary N) is 2. The molecule has 0 radical (unpaired) electrons. The lowest BCUT2D eigenvalue weighted by molar-refractivity contribution is -0.128. The van der Waals surface area contributed by atoms with Gasteiger partial charge in [-0.2, -0.15) is 0 Å². The second kappa shape index (κ2) is 9.36. The van der Waals surface area contributed by atoms with E-state index in [1.807, 2.05) is 31.2 Å². The standard InChI is InChI=1S/C23H33N5O3/c1-2-11-24-20(29)16-26-12-14-27(15-13-26)17-21(30)28-19-8-4-3-7-18(19)25-22(31)23(28)9-5-6-10-23/h3-4,7-8H,2,5-6,9-17H2,1H3,(H,24,29)(H,25,31). The number of para-hydroxylation sites is 2. The fourth-order valence-electron chi connectivity index (χ4n) is 5.02. The van der Waals surface area contributed by atoms with Gasteiger partial charge in [-0.05, 0) is 31.4 Å². The molecular weight excluding hydrogens is 394 g/mol. The molecule has 0 aromatic heterocycles. The van der Waals surface area contributed by atoms with Crippen LogP contribution >= 0.6 is 0 Å². The number of piperazine rings is 1. The molecule has 2 fully saturated rings. The summed E-state index contributed by atoms with van der Waals surface area (Å²) in [5.41, 5.74) is 0.756. The van der Waals surface area contributed by atoms with Crippen LogP contribution in [-0.4, -0.2) is 78.9 Å². The fraction of sp³-hybridized carbons (Fsp3) is 0.609. The van der Waals surface area contributed by atoms with Crippen molar-refractivity contribution in [1.82, 2.24) is 15.1 Å². The average Bonchev–Trinajstić information content (AvgIpc) is 3.25. The highest BCUT2D eigenvalue weighted by molar-refractivity contribution is 6.15. The van der Waals surface area contributed by atoms with E-state index in [2.05, 4.69) is 20.4 Å². The molecule has 0 unspecified atom stereocenters. The summed E-state index contributed by atoms with van der Waals surface area (Å²) in [6, 6.07) is 7.59. The van der Waals surface area contributed by atoms with Crippen molar-refractivity contribution in [3.05, 3.63) is 24.3 Å². The van der Waals surface area contributed by atoms with E-state index in [-0.39, 0.29) is 17.7 Å². The molecular formula is C23H33N5O3. The van der Waals surface area contributed by atoms with E-state index in [0.717, 1.165) is 51.1 Å². The monoisotopic (exact) mass is 427 g/mol. The maximum absolute atomic E-state index is 13.5. The maximum atomic E-state index is 13.5. The van der Waals surface area contributed by atoms with Crippen molar-refractivity contribution in [2.45, 2.75) is 44.6 Å². The number of amides is 3. The Morgan fingerprint density at radius 3 is 2.35 bits per heavy atom. The Morgan fingerprint density at radius 2 is 1.68 bits per heavy atom. The smallest absolute Gasteiger partial charge is 0.250 e. The van der Waals surface area contributed by atoms with Gasteiger partial charge in [0.15, 0.2) is 0 Å². The number of fused-ring (bicyclic) bond motifs is 1. The van der Waals surface area contributed by atoms with E-state index < -0.39 is 5.54 Å². The first-order valence-corrected chi connectivity index (χ1v) is 11.5. The number of nitrogens with zero attached hydrogens (tertiary/aromatic N) is 3. The van der Waals surface area contributed by atoms with Crippen molar-refractivity contribution in [2.24, 2.45) is 0 Å². The molecule has 0 atom stereocenters. The predicted molar refractivity (Wildman–Crippen MR) is 120 cm³/mol. The summed E-state index contributed by atoms with van der Waals surface area (Å²) in [7, 11) is 0. The molecule has 31 heavy (non-hydrogen) atoms. The molecule has 1 aromatic carbocycles. The van der Waals surface area contributed by atoms with Crippen LogP contribution in [0, 0.1) is 0 Å². The van der Waals surface area contributed by atoms with Gasteiger partial charge in [-0.25, -0.2) is 0 Å². The summed E-state index contributed by atoms with van der Waals surface area (Å²) in [5, 5.41) is 5.94. The third-order valence-corrected chi connectivity index (χ3v) is 6.69. The molecule has 1 aliphatic carbocycles. The molecule has 1 saturated carbocycles. The number of hydrogen-bond donors (Lipinski definition) is 2. The van der Waals surface area contributed by atoms with E-state index in [4.69, 9.17) is 0 Å². The van der Waals surface area contributed by atoms with E-state index in [1.165, 1.54) is 0 Å². The van der Waals surface area contributed by atoms with E-state index >= 15 is 0 Å². The molecule has 3 amide bonds. The van der Waals surface area contributed by atoms with Crippen molar-refractivity contribution in [3.8, 4) is 0 Å². The molecule has 8 nitrogen and oxygen atoms in total. The summed E-state index contributed by atoms with van der Waals surface area (Å²) >= 11 is 0. The van der Waals surface area contributed by atoms with E-state index in [0.29, 0.717) is 38.2 Å². The first-order valence-electron chi connectivity index (χ1n) is 11.5. The Kier molecular flexibility index (Phi) is 6.57. The van der Waals surface area contributed by atoms with Crippen LogP contribution in [0.15, 0.2) is 24.3 Å². The van der Waals surface area contributed by atoms with E-state index in [1.54, 1.807) is 4.90 Å². The fourth-order valence-corrected chi connectivity index (χ4v) is 5.02. The molecule has 168 valence electrons. The quantitative estimate of drug-likeness (QED) is 0.718.